The molecule has 1 saturated carbocycles. The number of nitrogens with one attached hydrogen (secondary N) is 1. The van der Waals surface area contributed by atoms with E-state index in [1.54, 1.807) is 6.07 Å². The third-order valence-corrected chi connectivity index (χ3v) is 6.35. The van der Waals surface area contributed by atoms with Crippen LogP contribution in [0.1, 0.15) is 54.2 Å². The number of nitrogens with zero attached hydrogens (tertiary/aromatic N) is 3. The number of aromatic amines is 1. The normalized spacial score (nSPS) is 20.9. The third-order valence-electron chi connectivity index (χ3n) is 6.35. The fraction of sp³-hybridized carbons (Fsp3) is 0.364. The fourth-order valence-electron chi connectivity index (χ4n) is 5.02. The van der Waals surface area contributed by atoms with E-state index in [1.807, 2.05) is 23.1 Å². The zero-order chi connectivity index (χ0) is 19.1. The number of carbonyl (C=O) groups excluding carboxylic acids is 1. The number of hydrogen-bond acceptors (Lipinski definition) is 4. The van der Waals surface area contributed by atoms with Gasteiger partial charge in [0.25, 0.3) is 11.5 Å². The highest BCUT2D eigenvalue weighted by atomic mass is 16.2. The van der Waals surface area contributed by atoms with Gasteiger partial charge in [-0.1, -0.05) is 49.6 Å². The molecule has 2 aromatic heterocycles. The molecule has 1 N–H and O–H groups in total. The molecule has 0 bridgehead atoms. The van der Waals surface area contributed by atoms with Crippen LogP contribution in [0.3, 0.4) is 0 Å². The number of hydrogen-bond donors (Lipinski definition) is 1. The van der Waals surface area contributed by atoms with E-state index in [-0.39, 0.29) is 22.9 Å². The molecule has 2 fully saturated rings. The Morgan fingerprint density at radius 2 is 1.89 bits per heavy atom. The Bertz CT molecular complexity index is 1090. The molecule has 1 spiro atoms. The van der Waals surface area contributed by atoms with Crippen molar-refractivity contribution in [3.05, 3.63) is 70.5 Å². The second-order valence-electron chi connectivity index (χ2n) is 7.99. The van der Waals surface area contributed by atoms with Crippen LogP contribution in [0, 0.1) is 5.41 Å². The highest BCUT2D eigenvalue weighted by Crippen LogP contribution is 2.57. The lowest BCUT2D eigenvalue weighted by molar-refractivity contribution is -0.0772. The topological polar surface area (TPSA) is 79.0 Å². The first-order chi connectivity index (χ1) is 13.7. The van der Waals surface area contributed by atoms with Crippen LogP contribution < -0.4 is 5.56 Å². The monoisotopic (exact) mass is 374 g/mol. The number of benzene rings is 1. The molecule has 2 aliphatic rings. The van der Waals surface area contributed by atoms with Gasteiger partial charge in [0, 0.05) is 12.0 Å². The molecule has 5 rings (SSSR count). The Hall–Kier alpha value is -3.02. The Morgan fingerprint density at radius 1 is 1.11 bits per heavy atom. The van der Waals surface area contributed by atoms with E-state index in [0.717, 1.165) is 19.4 Å². The van der Waals surface area contributed by atoms with Gasteiger partial charge in [-0.15, -0.1) is 0 Å². The number of likely N-dealkylation sites (tertiary alicyclic amines) is 1. The average Bonchev–Trinajstić information content (AvgIpc) is 2.73. The van der Waals surface area contributed by atoms with Crippen LogP contribution in [0.2, 0.25) is 0 Å². The highest BCUT2D eigenvalue weighted by Gasteiger charge is 2.55. The van der Waals surface area contributed by atoms with Crippen LogP contribution in [0.5, 0.6) is 0 Å². The van der Waals surface area contributed by atoms with E-state index in [0.29, 0.717) is 16.6 Å². The molecule has 3 aromatic rings. The summed E-state index contributed by atoms with van der Waals surface area (Å²) in [6, 6.07) is 11.9. The van der Waals surface area contributed by atoms with E-state index < -0.39 is 0 Å². The Labute approximate surface area is 162 Å². The summed E-state index contributed by atoms with van der Waals surface area (Å²) < 4.78 is 0. The van der Waals surface area contributed by atoms with Crippen LogP contribution in [0.15, 0.2) is 53.7 Å². The van der Waals surface area contributed by atoms with Gasteiger partial charge >= 0.3 is 0 Å². The van der Waals surface area contributed by atoms with E-state index in [1.165, 1.54) is 37.4 Å². The molecule has 1 aliphatic carbocycles. The van der Waals surface area contributed by atoms with E-state index in [2.05, 4.69) is 27.1 Å². The molecular weight excluding hydrogens is 352 g/mol. The molecule has 142 valence electrons. The van der Waals surface area contributed by atoms with Gasteiger partial charge in [-0.25, -0.2) is 9.97 Å². The lowest BCUT2D eigenvalue weighted by Gasteiger charge is -2.59. The predicted molar refractivity (Wildman–Crippen MR) is 106 cm³/mol. The number of aromatic nitrogens is 3. The first-order valence-electron chi connectivity index (χ1n) is 9.87. The maximum Gasteiger partial charge on any atom is 0.273 e. The summed E-state index contributed by atoms with van der Waals surface area (Å²) in [4.78, 5) is 38.3. The summed E-state index contributed by atoms with van der Waals surface area (Å²) in [5, 5.41) is 0.394. The van der Waals surface area contributed by atoms with Gasteiger partial charge < -0.3 is 9.88 Å². The summed E-state index contributed by atoms with van der Waals surface area (Å²) >= 11 is 0. The number of H-pyrrole nitrogens is 1. The lowest BCUT2D eigenvalue weighted by Crippen LogP contribution is -2.61. The molecule has 1 amide bonds. The standard InChI is InChI=1S/C22H22N4O2/c27-20-16-11-17(23-12-18(16)24-14-25-20)21(28)26-13-22(9-5-2-6-10-22)19(26)15-7-3-1-4-8-15/h1,3-4,7-8,11-12,14,19H,2,5-6,9-10,13H2,(H,24,25,27). The van der Waals surface area contributed by atoms with Gasteiger partial charge in [0.1, 0.15) is 5.69 Å². The van der Waals surface area contributed by atoms with E-state index in [9.17, 15) is 9.59 Å². The number of rotatable bonds is 2. The van der Waals surface area contributed by atoms with Gasteiger partial charge in [0.05, 0.1) is 29.5 Å². The van der Waals surface area contributed by atoms with Gasteiger partial charge in [-0.05, 0) is 24.5 Å². The number of amides is 1. The molecule has 1 aromatic carbocycles. The zero-order valence-electron chi connectivity index (χ0n) is 15.6. The van der Waals surface area contributed by atoms with Crippen LogP contribution in [0.25, 0.3) is 10.9 Å². The molecule has 6 heteroatoms. The Kier molecular flexibility index (Phi) is 4.00. The summed E-state index contributed by atoms with van der Waals surface area (Å²) in [6.45, 7) is 0.758. The average molecular weight is 374 g/mol. The van der Waals surface area contributed by atoms with Crippen LogP contribution in [-0.4, -0.2) is 32.3 Å². The molecular formula is C22H22N4O2. The lowest BCUT2D eigenvalue weighted by atomic mass is 9.61. The van der Waals surface area contributed by atoms with Gasteiger partial charge in [0.15, 0.2) is 0 Å². The molecule has 0 radical (unpaired) electrons. The molecule has 1 unspecified atom stereocenters. The first-order valence-corrected chi connectivity index (χ1v) is 9.87. The van der Waals surface area contributed by atoms with Gasteiger partial charge in [-0.2, -0.15) is 0 Å². The summed E-state index contributed by atoms with van der Waals surface area (Å²) in [6.07, 6.45) is 8.89. The maximum atomic E-state index is 13.3. The van der Waals surface area contributed by atoms with E-state index in [4.69, 9.17) is 0 Å². The van der Waals surface area contributed by atoms with Crippen molar-refractivity contribution < 1.29 is 4.79 Å². The number of fused-ring (bicyclic) bond motifs is 1. The highest BCUT2D eigenvalue weighted by molar-refractivity contribution is 5.96. The van der Waals surface area contributed by atoms with Crippen LogP contribution in [-0.2, 0) is 0 Å². The largest absolute Gasteiger partial charge is 0.329 e. The minimum Gasteiger partial charge on any atom is -0.329 e. The minimum atomic E-state index is -0.256. The number of carbonyl (C=O) groups is 1. The van der Waals surface area contributed by atoms with Gasteiger partial charge in [0.2, 0.25) is 0 Å². The molecule has 28 heavy (non-hydrogen) atoms. The van der Waals surface area contributed by atoms with Gasteiger partial charge in [-0.3, -0.25) is 9.59 Å². The van der Waals surface area contributed by atoms with Crippen molar-refractivity contribution in [2.75, 3.05) is 6.54 Å². The molecule has 1 aliphatic heterocycles. The van der Waals surface area contributed by atoms with Crippen molar-refractivity contribution in [3.8, 4) is 0 Å². The summed E-state index contributed by atoms with van der Waals surface area (Å²) in [5.74, 6) is -0.116. The quantitative estimate of drug-likeness (QED) is 0.745. The second kappa shape index (κ2) is 6.55. The number of pyridine rings is 1. The molecule has 6 nitrogen and oxygen atoms in total. The molecule has 1 saturated heterocycles. The summed E-state index contributed by atoms with van der Waals surface area (Å²) in [5.41, 5.74) is 1.90. The Morgan fingerprint density at radius 3 is 2.68 bits per heavy atom. The Balaban J connectivity index is 1.52. The SMILES string of the molecule is O=C(c1cc2c(=O)[nH]cnc2cn1)N1CC2(CCCCC2)C1c1ccccc1. The smallest absolute Gasteiger partial charge is 0.273 e. The first kappa shape index (κ1) is 17.1. The van der Waals surface area contributed by atoms with Crippen molar-refractivity contribution in [1.82, 2.24) is 19.9 Å². The van der Waals surface area contributed by atoms with E-state index >= 15 is 0 Å². The van der Waals surface area contributed by atoms with Crippen molar-refractivity contribution in [3.63, 3.8) is 0 Å². The van der Waals surface area contributed by atoms with Crippen LogP contribution in [0.4, 0.5) is 0 Å². The zero-order valence-corrected chi connectivity index (χ0v) is 15.6. The second-order valence-corrected chi connectivity index (χ2v) is 7.99. The molecule has 1 atom stereocenters. The van der Waals surface area contributed by atoms with Crippen LogP contribution >= 0.6 is 0 Å². The molecule has 3 heterocycles. The minimum absolute atomic E-state index is 0.0752. The van der Waals surface area contributed by atoms with Crippen molar-refractivity contribution in [2.45, 2.75) is 38.1 Å². The third kappa shape index (κ3) is 2.63. The predicted octanol–water partition coefficient (Wildman–Crippen LogP) is 3.47. The van der Waals surface area contributed by atoms with Crippen molar-refractivity contribution in [2.24, 2.45) is 5.41 Å². The fourth-order valence-corrected chi connectivity index (χ4v) is 5.02. The summed E-state index contributed by atoms with van der Waals surface area (Å²) in [7, 11) is 0. The van der Waals surface area contributed by atoms with Crippen molar-refractivity contribution in [1.29, 1.82) is 0 Å². The van der Waals surface area contributed by atoms with Crippen molar-refractivity contribution >= 4 is 16.8 Å². The maximum absolute atomic E-state index is 13.3.